The minimum Gasteiger partial charge on any atom is -0.478 e. The van der Waals surface area contributed by atoms with E-state index in [4.69, 9.17) is 5.11 Å². The summed E-state index contributed by atoms with van der Waals surface area (Å²) in [6.45, 7) is 8.46. The number of hydrogen-bond donors (Lipinski definition) is 1. The maximum absolute atomic E-state index is 10.5. The second kappa shape index (κ2) is 5.16. The third kappa shape index (κ3) is 3.04. The van der Waals surface area contributed by atoms with Crippen LogP contribution in [0.2, 0.25) is 0 Å². The molecule has 2 heteroatoms. The van der Waals surface area contributed by atoms with E-state index in [9.17, 15) is 4.79 Å². The predicted molar refractivity (Wildman–Crippen MR) is 48.9 cm³/mol. The van der Waals surface area contributed by atoms with Crippen LogP contribution >= 0.6 is 0 Å². The average molecular weight is 164 g/mol. The summed E-state index contributed by atoms with van der Waals surface area (Å²) in [5.41, 5.74) is 3.54. The van der Waals surface area contributed by atoms with Crippen LogP contribution in [0.1, 0.15) is 13.3 Å². The summed E-state index contributed by atoms with van der Waals surface area (Å²) in [6, 6.07) is 0. The van der Waals surface area contributed by atoms with E-state index in [0.29, 0.717) is 17.6 Å². The third-order valence-corrected chi connectivity index (χ3v) is 1.44. The maximum atomic E-state index is 10.5. The second-order valence-corrected chi connectivity index (χ2v) is 2.30. The molecule has 0 saturated carbocycles. The standard InChI is InChI=1S/C10H12O2/c1-4-6-9(7-5-2)8(3)10(11)12/h4,7H,1-2,6H2,3H3,(H,11,12). The molecule has 0 aliphatic carbocycles. The first-order chi connectivity index (χ1) is 5.63. The molecule has 0 aromatic rings. The predicted octanol–water partition coefficient (Wildman–Crippen LogP) is 2.30. The van der Waals surface area contributed by atoms with Gasteiger partial charge in [0.15, 0.2) is 0 Å². The van der Waals surface area contributed by atoms with Gasteiger partial charge in [-0.2, -0.15) is 0 Å². The van der Waals surface area contributed by atoms with Gasteiger partial charge >= 0.3 is 5.97 Å². The van der Waals surface area contributed by atoms with Crippen LogP contribution in [0.15, 0.2) is 42.2 Å². The van der Waals surface area contributed by atoms with Crippen molar-refractivity contribution >= 4 is 5.97 Å². The Morgan fingerprint density at radius 3 is 2.58 bits per heavy atom. The zero-order chi connectivity index (χ0) is 9.56. The Morgan fingerprint density at radius 2 is 2.25 bits per heavy atom. The fourth-order valence-electron chi connectivity index (χ4n) is 0.736. The SMILES string of the molecule is C=C=CC(CC=C)=C(C)C(=O)O. The topological polar surface area (TPSA) is 37.3 Å². The molecular weight excluding hydrogens is 152 g/mol. The number of rotatable bonds is 4. The number of hydrogen-bond acceptors (Lipinski definition) is 1. The van der Waals surface area contributed by atoms with Gasteiger partial charge in [0.25, 0.3) is 0 Å². The van der Waals surface area contributed by atoms with Gasteiger partial charge in [0.2, 0.25) is 0 Å². The van der Waals surface area contributed by atoms with E-state index in [1.807, 2.05) is 0 Å². The quantitative estimate of drug-likeness (QED) is 0.299. The van der Waals surface area contributed by atoms with E-state index < -0.39 is 5.97 Å². The summed E-state index contributed by atoms with van der Waals surface area (Å²) < 4.78 is 0. The van der Waals surface area contributed by atoms with Crippen molar-refractivity contribution in [2.45, 2.75) is 13.3 Å². The highest BCUT2D eigenvalue weighted by molar-refractivity contribution is 5.87. The molecule has 64 valence electrons. The Hall–Kier alpha value is -1.53. The molecule has 12 heavy (non-hydrogen) atoms. The minimum atomic E-state index is -0.918. The molecule has 0 saturated heterocycles. The van der Waals surface area contributed by atoms with E-state index in [1.165, 1.54) is 0 Å². The fourth-order valence-corrected chi connectivity index (χ4v) is 0.736. The molecule has 0 unspecified atom stereocenters. The van der Waals surface area contributed by atoms with Crippen molar-refractivity contribution in [1.29, 1.82) is 0 Å². The molecule has 2 nitrogen and oxygen atoms in total. The van der Waals surface area contributed by atoms with Crippen LogP contribution in [0.25, 0.3) is 0 Å². The van der Waals surface area contributed by atoms with Gasteiger partial charge in [0.05, 0.1) is 0 Å². The van der Waals surface area contributed by atoms with E-state index >= 15 is 0 Å². The summed E-state index contributed by atoms with van der Waals surface area (Å²) >= 11 is 0. The molecule has 0 aliphatic heterocycles. The Morgan fingerprint density at radius 1 is 1.67 bits per heavy atom. The fraction of sp³-hybridized carbons (Fsp3) is 0.200. The lowest BCUT2D eigenvalue weighted by atomic mass is 10.1. The first-order valence-corrected chi connectivity index (χ1v) is 3.53. The first kappa shape index (κ1) is 10.5. The molecule has 0 aromatic heterocycles. The van der Waals surface area contributed by atoms with Gasteiger partial charge in [0.1, 0.15) is 0 Å². The van der Waals surface area contributed by atoms with Gasteiger partial charge in [-0.25, -0.2) is 4.79 Å². The molecular formula is C10H12O2. The summed E-state index contributed by atoms with van der Waals surface area (Å²) in [6.07, 6.45) is 3.74. The van der Waals surface area contributed by atoms with Crippen LogP contribution in [-0.2, 0) is 4.79 Å². The van der Waals surface area contributed by atoms with Gasteiger partial charge in [0, 0.05) is 5.57 Å². The van der Waals surface area contributed by atoms with Crippen molar-refractivity contribution in [2.75, 3.05) is 0 Å². The highest BCUT2D eigenvalue weighted by Crippen LogP contribution is 2.10. The lowest BCUT2D eigenvalue weighted by molar-refractivity contribution is -0.132. The Labute approximate surface area is 72.2 Å². The van der Waals surface area contributed by atoms with Crippen molar-refractivity contribution in [3.05, 3.63) is 42.2 Å². The Balaban J connectivity index is 4.90. The van der Waals surface area contributed by atoms with Crippen LogP contribution < -0.4 is 0 Å². The van der Waals surface area contributed by atoms with Crippen molar-refractivity contribution in [1.82, 2.24) is 0 Å². The van der Waals surface area contributed by atoms with Gasteiger partial charge in [-0.15, -0.1) is 12.3 Å². The molecule has 0 fully saturated rings. The molecule has 1 N–H and O–H groups in total. The number of carboxylic acids is 1. The second-order valence-electron chi connectivity index (χ2n) is 2.30. The van der Waals surface area contributed by atoms with E-state index in [-0.39, 0.29) is 0 Å². The molecule has 0 spiro atoms. The average Bonchev–Trinajstić information content (AvgIpc) is 2.03. The molecule has 0 bridgehead atoms. The van der Waals surface area contributed by atoms with E-state index in [1.54, 1.807) is 19.1 Å². The van der Waals surface area contributed by atoms with Crippen LogP contribution in [0.5, 0.6) is 0 Å². The zero-order valence-corrected chi connectivity index (χ0v) is 7.13. The van der Waals surface area contributed by atoms with Gasteiger partial charge < -0.3 is 5.11 Å². The van der Waals surface area contributed by atoms with Crippen molar-refractivity contribution < 1.29 is 9.90 Å². The highest BCUT2D eigenvalue weighted by atomic mass is 16.4. The largest absolute Gasteiger partial charge is 0.478 e. The normalized spacial score (nSPS) is 11.1. The van der Waals surface area contributed by atoms with Crippen molar-refractivity contribution in [2.24, 2.45) is 0 Å². The molecule has 0 radical (unpaired) electrons. The van der Waals surface area contributed by atoms with Crippen molar-refractivity contribution in [3.8, 4) is 0 Å². The Bertz CT molecular complexity index is 266. The lowest BCUT2D eigenvalue weighted by Gasteiger charge is -1.99. The summed E-state index contributed by atoms with van der Waals surface area (Å²) in [4.78, 5) is 10.5. The summed E-state index contributed by atoms with van der Waals surface area (Å²) in [5, 5.41) is 8.65. The molecule has 0 aromatic carbocycles. The maximum Gasteiger partial charge on any atom is 0.331 e. The van der Waals surface area contributed by atoms with Crippen LogP contribution in [0, 0.1) is 0 Å². The van der Waals surface area contributed by atoms with Crippen LogP contribution in [0.3, 0.4) is 0 Å². The number of allylic oxidation sites excluding steroid dienone is 3. The Kier molecular flexibility index (Phi) is 4.51. The third-order valence-electron chi connectivity index (χ3n) is 1.44. The lowest BCUT2D eigenvalue weighted by Crippen LogP contribution is -1.99. The van der Waals surface area contributed by atoms with Gasteiger partial charge in [-0.3, -0.25) is 0 Å². The first-order valence-electron chi connectivity index (χ1n) is 3.53. The zero-order valence-electron chi connectivity index (χ0n) is 7.13. The number of carbonyl (C=O) groups is 1. The van der Waals surface area contributed by atoms with E-state index in [2.05, 4.69) is 18.9 Å². The summed E-state index contributed by atoms with van der Waals surface area (Å²) in [7, 11) is 0. The molecule has 0 amide bonds. The number of aliphatic carboxylic acids is 1. The highest BCUT2D eigenvalue weighted by Gasteiger charge is 2.04. The molecule has 0 atom stereocenters. The summed E-state index contributed by atoms with van der Waals surface area (Å²) in [5.74, 6) is -0.918. The molecule has 0 aliphatic rings. The minimum absolute atomic E-state index is 0.311. The van der Waals surface area contributed by atoms with Crippen molar-refractivity contribution in [3.63, 3.8) is 0 Å². The molecule has 0 heterocycles. The van der Waals surface area contributed by atoms with Gasteiger partial charge in [-0.05, 0) is 25.0 Å². The van der Waals surface area contributed by atoms with Gasteiger partial charge in [-0.1, -0.05) is 12.7 Å². The van der Waals surface area contributed by atoms with Crippen LogP contribution in [-0.4, -0.2) is 11.1 Å². The number of carboxylic acid groups (broad SMARTS) is 1. The molecule has 0 rings (SSSR count). The monoisotopic (exact) mass is 164 g/mol. The van der Waals surface area contributed by atoms with E-state index in [0.717, 1.165) is 0 Å². The smallest absolute Gasteiger partial charge is 0.331 e. The van der Waals surface area contributed by atoms with Crippen LogP contribution in [0.4, 0.5) is 0 Å².